The molecule has 0 bridgehead atoms. The molecule has 1 heterocycles. The maximum absolute atomic E-state index is 10.7. The van der Waals surface area contributed by atoms with Crippen LogP contribution in [-0.4, -0.2) is 22.4 Å². The lowest BCUT2D eigenvalue weighted by atomic mass is 10.1. The lowest BCUT2D eigenvalue weighted by molar-refractivity contribution is 0.249. The molecule has 0 aliphatic heterocycles. The molecule has 1 aromatic heterocycles. The van der Waals surface area contributed by atoms with Gasteiger partial charge in [-0.2, -0.15) is 5.10 Å². The number of primary amides is 1. The van der Waals surface area contributed by atoms with Gasteiger partial charge in [0.2, 0.25) is 0 Å². The second kappa shape index (κ2) is 7.46. The van der Waals surface area contributed by atoms with Crippen molar-refractivity contribution in [2.24, 2.45) is 5.73 Å². The summed E-state index contributed by atoms with van der Waals surface area (Å²) in [6.07, 6.45) is 1.57. The predicted molar refractivity (Wildman–Crippen MR) is 94.9 cm³/mol. The topological polar surface area (TPSA) is 72.9 Å². The van der Waals surface area contributed by atoms with E-state index in [4.69, 9.17) is 10.8 Å². The molecule has 0 unspecified atom stereocenters. The lowest BCUT2D eigenvalue weighted by Crippen LogP contribution is -2.30. The molecule has 0 fully saturated rings. The van der Waals surface area contributed by atoms with Gasteiger partial charge in [-0.1, -0.05) is 48.5 Å². The number of nitrogens with zero attached hydrogens (tertiary/aromatic N) is 2. The summed E-state index contributed by atoms with van der Waals surface area (Å²) in [5.74, 6) is 0. The van der Waals surface area contributed by atoms with Crippen LogP contribution in [-0.2, 0) is 6.42 Å². The standard InChI is InChI=1S/C19H20N4O/c20-19(24)21-13-7-10-16-14-18(15-8-3-1-4-9-15)23(22-16)17-11-5-2-6-12-17/h1-6,8-9,11-12,14H,7,10,13H2,(H3,20,21,24). The van der Waals surface area contributed by atoms with Crippen LogP contribution in [0.3, 0.4) is 0 Å². The molecule has 0 spiro atoms. The van der Waals surface area contributed by atoms with Crippen LogP contribution in [0.15, 0.2) is 66.7 Å². The summed E-state index contributed by atoms with van der Waals surface area (Å²) in [6.45, 7) is 0.550. The second-order valence-electron chi connectivity index (χ2n) is 5.53. The second-order valence-corrected chi connectivity index (χ2v) is 5.53. The molecule has 5 nitrogen and oxygen atoms in total. The van der Waals surface area contributed by atoms with Crippen LogP contribution in [0.1, 0.15) is 12.1 Å². The Morgan fingerprint density at radius 1 is 1.04 bits per heavy atom. The first-order valence-corrected chi connectivity index (χ1v) is 7.97. The third kappa shape index (κ3) is 3.81. The molecule has 3 rings (SSSR count). The highest BCUT2D eigenvalue weighted by Crippen LogP contribution is 2.24. The zero-order chi connectivity index (χ0) is 16.8. The van der Waals surface area contributed by atoms with Crippen LogP contribution in [0.5, 0.6) is 0 Å². The van der Waals surface area contributed by atoms with Crippen molar-refractivity contribution in [1.82, 2.24) is 15.1 Å². The molecule has 3 aromatic rings. The van der Waals surface area contributed by atoms with Gasteiger partial charge in [0.1, 0.15) is 0 Å². The predicted octanol–water partition coefficient (Wildman–Crippen LogP) is 3.14. The third-order valence-corrected chi connectivity index (χ3v) is 3.74. The first-order chi connectivity index (χ1) is 11.7. The van der Waals surface area contributed by atoms with E-state index in [1.807, 2.05) is 53.2 Å². The summed E-state index contributed by atoms with van der Waals surface area (Å²) >= 11 is 0. The van der Waals surface area contributed by atoms with Crippen LogP contribution < -0.4 is 11.1 Å². The number of amides is 2. The number of para-hydroxylation sites is 1. The summed E-state index contributed by atoms with van der Waals surface area (Å²) in [6, 6.07) is 21.9. The van der Waals surface area contributed by atoms with E-state index in [2.05, 4.69) is 23.5 Å². The molecule has 0 aliphatic rings. The quantitative estimate of drug-likeness (QED) is 0.685. The molecule has 0 aliphatic carbocycles. The molecular weight excluding hydrogens is 300 g/mol. The van der Waals surface area contributed by atoms with Crippen molar-refractivity contribution >= 4 is 6.03 Å². The fourth-order valence-corrected chi connectivity index (χ4v) is 2.61. The molecular formula is C19H20N4O. The van der Waals surface area contributed by atoms with Gasteiger partial charge < -0.3 is 11.1 Å². The molecule has 24 heavy (non-hydrogen) atoms. The number of hydrogen-bond donors (Lipinski definition) is 2. The van der Waals surface area contributed by atoms with Crippen molar-refractivity contribution < 1.29 is 4.79 Å². The highest BCUT2D eigenvalue weighted by molar-refractivity contribution is 5.71. The van der Waals surface area contributed by atoms with E-state index < -0.39 is 6.03 Å². The Morgan fingerprint density at radius 2 is 1.71 bits per heavy atom. The number of aromatic nitrogens is 2. The van der Waals surface area contributed by atoms with E-state index in [1.54, 1.807) is 0 Å². The van der Waals surface area contributed by atoms with Crippen molar-refractivity contribution in [3.8, 4) is 16.9 Å². The van der Waals surface area contributed by atoms with E-state index in [0.717, 1.165) is 35.5 Å². The van der Waals surface area contributed by atoms with Crippen LogP contribution in [0.25, 0.3) is 16.9 Å². The zero-order valence-electron chi connectivity index (χ0n) is 13.4. The largest absolute Gasteiger partial charge is 0.352 e. The average molecular weight is 320 g/mol. The normalized spacial score (nSPS) is 10.5. The molecule has 2 aromatic carbocycles. The van der Waals surface area contributed by atoms with Gasteiger partial charge in [0, 0.05) is 12.1 Å². The highest BCUT2D eigenvalue weighted by Gasteiger charge is 2.11. The van der Waals surface area contributed by atoms with Gasteiger partial charge in [-0.15, -0.1) is 0 Å². The van der Waals surface area contributed by atoms with E-state index in [9.17, 15) is 4.79 Å². The minimum atomic E-state index is -0.491. The molecule has 0 saturated heterocycles. The molecule has 0 saturated carbocycles. The van der Waals surface area contributed by atoms with Gasteiger partial charge in [-0.25, -0.2) is 9.48 Å². The Hall–Kier alpha value is -3.08. The minimum absolute atomic E-state index is 0.491. The Balaban J connectivity index is 1.87. The molecule has 2 amide bonds. The van der Waals surface area contributed by atoms with E-state index in [1.165, 1.54) is 0 Å². The van der Waals surface area contributed by atoms with Gasteiger partial charge in [0.25, 0.3) is 0 Å². The number of carbonyl (C=O) groups excluding carboxylic acids is 1. The van der Waals surface area contributed by atoms with Gasteiger partial charge in [-0.3, -0.25) is 0 Å². The molecule has 0 radical (unpaired) electrons. The third-order valence-electron chi connectivity index (χ3n) is 3.74. The zero-order valence-corrected chi connectivity index (χ0v) is 13.4. The van der Waals surface area contributed by atoms with Crippen molar-refractivity contribution in [2.45, 2.75) is 12.8 Å². The number of urea groups is 1. The maximum Gasteiger partial charge on any atom is 0.312 e. The van der Waals surface area contributed by atoms with Crippen molar-refractivity contribution in [3.63, 3.8) is 0 Å². The maximum atomic E-state index is 10.7. The first kappa shape index (κ1) is 15.8. The van der Waals surface area contributed by atoms with Crippen molar-refractivity contribution in [1.29, 1.82) is 0 Å². The average Bonchev–Trinajstić information content (AvgIpc) is 3.04. The number of hydrogen-bond acceptors (Lipinski definition) is 2. The van der Waals surface area contributed by atoms with Crippen LogP contribution in [0, 0.1) is 0 Å². The summed E-state index contributed by atoms with van der Waals surface area (Å²) in [4.78, 5) is 10.7. The first-order valence-electron chi connectivity index (χ1n) is 7.97. The fraction of sp³-hybridized carbons (Fsp3) is 0.158. The van der Waals surface area contributed by atoms with E-state index in [0.29, 0.717) is 6.54 Å². The molecule has 0 atom stereocenters. The summed E-state index contributed by atoms with van der Waals surface area (Å²) < 4.78 is 1.96. The Labute approximate surface area is 141 Å². The molecule has 5 heteroatoms. The Morgan fingerprint density at radius 3 is 2.38 bits per heavy atom. The van der Waals surface area contributed by atoms with Crippen molar-refractivity contribution in [2.75, 3.05) is 6.54 Å². The number of benzene rings is 2. The number of carbonyl (C=O) groups is 1. The van der Waals surface area contributed by atoms with Crippen LogP contribution in [0.2, 0.25) is 0 Å². The number of aryl methyl sites for hydroxylation is 1. The van der Waals surface area contributed by atoms with Crippen molar-refractivity contribution in [3.05, 3.63) is 72.4 Å². The van der Waals surface area contributed by atoms with Crippen LogP contribution >= 0.6 is 0 Å². The van der Waals surface area contributed by atoms with Gasteiger partial charge in [-0.05, 0) is 31.0 Å². The summed E-state index contributed by atoms with van der Waals surface area (Å²) in [7, 11) is 0. The fourth-order valence-electron chi connectivity index (χ4n) is 2.61. The van der Waals surface area contributed by atoms with Gasteiger partial charge in [0.15, 0.2) is 0 Å². The SMILES string of the molecule is NC(=O)NCCCc1cc(-c2ccccc2)n(-c2ccccc2)n1. The summed E-state index contributed by atoms with van der Waals surface area (Å²) in [5, 5.41) is 7.35. The van der Waals surface area contributed by atoms with Crippen LogP contribution in [0.4, 0.5) is 4.79 Å². The summed E-state index contributed by atoms with van der Waals surface area (Å²) in [5.41, 5.74) is 9.27. The molecule has 3 N–H and O–H groups in total. The lowest BCUT2D eigenvalue weighted by Gasteiger charge is -2.07. The Kier molecular flexibility index (Phi) is 4.91. The highest BCUT2D eigenvalue weighted by atomic mass is 16.2. The monoisotopic (exact) mass is 320 g/mol. The smallest absolute Gasteiger partial charge is 0.312 e. The van der Waals surface area contributed by atoms with E-state index >= 15 is 0 Å². The number of rotatable bonds is 6. The van der Waals surface area contributed by atoms with Gasteiger partial charge >= 0.3 is 6.03 Å². The van der Waals surface area contributed by atoms with Gasteiger partial charge in [0.05, 0.1) is 17.1 Å². The number of nitrogens with two attached hydrogens (primary N) is 1. The minimum Gasteiger partial charge on any atom is -0.352 e. The molecule has 122 valence electrons. The van der Waals surface area contributed by atoms with E-state index in [-0.39, 0.29) is 0 Å². The number of nitrogens with one attached hydrogen (secondary N) is 1. The Bertz CT molecular complexity index is 740.